The minimum Gasteiger partial charge on any atom is -0.480 e. The van der Waals surface area contributed by atoms with Crippen LogP contribution in [0.3, 0.4) is 0 Å². The van der Waals surface area contributed by atoms with Crippen molar-refractivity contribution in [3.05, 3.63) is 0 Å². The minimum absolute atomic E-state index is 0.0214. The topological polar surface area (TPSA) is 159 Å². The highest BCUT2D eigenvalue weighted by Crippen LogP contribution is 2.20. The van der Waals surface area contributed by atoms with Gasteiger partial charge in [0.25, 0.3) is 10.0 Å². The van der Waals surface area contributed by atoms with Crippen LogP contribution in [0.5, 0.6) is 0 Å². The Morgan fingerprint density at radius 3 is 2.55 bits per heavy atom. The molecule has 112 valence electrons. The van der Waals surface area contributed by atoms with Gasteiger partial charge >= 0.3 is 5.97 Å². The maximum atomic E-state index is 11.9. The Kier molecular flexibility index (Phi) is 5.50. The lowest BCUT2D eigenvalue weighted by atomic mass is 10.2. The highest BCUT2D eigenvalue weighted by atomic mass is 32.2. The van der Waals surface area contributed by atoms with E-state index < -0.39 is 38.9 Å². The number of amides is 1. The highest BCUT2D eigenvalue weighted by molar-refractivity contribution is 7.91. The first-order chi connectivity index (χ1) is 9.26. The monoisotopic (exact) mass is 324 g/mol. The number of nitrogens with one attached hydrogen (secondary N) is 2. The number of carbonyl (C=O) groups is 2. The quantitative estimate of drug-likeness (QED) is 0.446. The number of nitrogens with zero attached hydrogens (tertiary/aromatic N) is 2. The number of hydrogen-bond acceptors (Lipinski definition) is 8. The third-order valence-electron chi connectivity index (χ3n) is 1.93. The Bertz CT molecular complexity index is 598. The van der Waals surface area contributed by atoms with Crippen molar-refractivity contribution in [1.29, 1.82) is 0 Å². The molecule has 0 spiro atoms. The van der Waals surface area contributed by atoms with Gasteiger partial charge in [-0.15, -0.1) is 10.2 Å². The first-order valence-electron chi connectivity index (χ1n) is 5.23. The number of aliphatic carboxylic acids is 1. The number of carbonyl (C=O) groups excluding carboxylic acids is 1. The Balaban J connectivity index is 2.90. The molecule has 0 unspecified atom stereocenters. The number of rotatable bonds is 7. The second kappa shape index (κ2) is 6.69. The maximum absolute atomic E-state index is 11.9. The van der Waals surface area contributed by atoms with Crippen LogP contribution < -0.4 is 10.0 Å². The molecule has 12 heteroatoms. The summed E-state index contributed by atoms with van der Waals surface area (Å²) in [5.74, 6) is -1.86. The van der Waals surface area contributed by atoms with Crippen molar-refractivity contribution in [2.75, 3.05) is 11.9 Å². The van der Waals surface area contributed by atoms with E-state index in [1.807, 2.05) is 4.72 Å². The van der Waals surface area contributed by atoms with Gasteiger partial charge in [-0.25, -0.2) is 8.42 Å². The molecule has 1 heterocycles. The third kappa shape index (κ3) is 4.48. The van der Waals surface area contributed by atoms with Crippen LogP contribution in [0.2, 0.25) is 0 Å². The van der Waals surface area contributed by atoms with Crippen LogP contribution in [0, 0.1) is 0 Å². The lowest BCUT2D eigenvalue weighted by molar-refractivity contribution is -0.139. The van der Waals surface area contributed by atoms with Crippen LogP contribution in [-0.2, 0) is 19.6 Å². The van der Waals surface area contributed by atoms with Gasteiger partial charge in [0.05, 0.1) is 0 Å². The number of aromatic nitrogens is 2. The summed E-state index contributed by atoms with van der Waals surface area (Å²) in [5, 5.41) is 26.5. The molecule has 0 bridgehead atoms. The maximum Gasteiger partial charge on any atom is 0.321 e. The van der Waals surface area contributed by atoms with Crippen LogP contribution in [0.4, 0.5) is 5.13 Å². The molecule has 0 fully saturated rings. The molecule has 0 aliphatic rings. The predicted octanol–water partition coefficient (Wildman–Crippen LogP) is -1.39. The molecule has 10 nitrogen and oxygen atoms in total. The van der Waals surface area contributed by atoms with Crippen molar-refractivity contribution in [2.24, 2.45) is 0 Å². The van der Waals surface area contributed by atoms with Gasteiger partial charge in [-0.2, -0.15) is 4.72 Å². The van der Waals surface area contributed by atoms with E-state index in [0.717, 1.165) is 0 Å². The fraction of sp³-hybridized carbons (Fsp3) is 0.500. The van der Waals surface area contributed by atoms with E-state index in [1.165, 1.54) is 6.92 Å². The van der Waals surface area contributed by atoms with Crippen molar-refractivity contribution < 1.29 is 28.2 Å². The van der Waals surface area contributed by atoms with E-state index in [2.05, 4.69) is 15.5 Å². The minimum atomic E-state index is -4.19. The second-order valence-electron chi connectivity index (χ2n) is 3.58. The van der Waals surface area contributed by atoms with E-state index in [1.54, 1.807) is 0 Å². The Hall–Kier alpha value is -1.63. The van der Waals surface area contributed by atoms with Gasteiger partial charge in [0.15, 0.2) is 0 Å². The molecule has 1 rings (SSSR count). The first kappa shape index (κ1) is 16.4. The van der Waals surface area contributed by atoms with Crippen molar-refractivity contribution >= 4 is 38.4 Å². The normalized spacial score (nSPS) is 12.9. The summed E-state index contributed by atoms with van der Waals surface area (Å²) in [7, 11) is -4.19. The molecule has 0 saturated heterocycles. The van der Waals surface area contributed by atoms with Crippen LogP contribution in [0.15, 0.2) is 4.34 Å². The number of anilines is 1. The average molecular weight is 324 g/mol. The van der Waals surface area contributed by atoms with Crippen molar-refractivity contribution in [1.82, 2.24) is 14.9 Å². The third-order valence-corrected chi connectivity index (χ3v) is 4.61. The molecule has 0 aromatic carbocycles. The number of sulfonamides is 1. The largest absolute Gasteiger partial charge is 0.480 e. The van der Waals surface area contributed by atoms with Crippen molar-refractivity contribution in [3.63, 3.8) is 0 Å². The molecule has 0 saturated carbocycles. The molecule has 0 radical (unpaired) electrons. The van der Waals surface area contributed by atoms with Gasteiger partial charge in [0.2, 0.25) is 15.4 Å². The van der Waals surface area contributed by atoms with Crippen LogP contribution in [0.1, 0.15) is 13.3 Å². The molecule has 4 N–H and O–H groups in total. The molecule has 1 aromatic heterocycles. The highest BCUT2D eigenvalue weighted by Gasteiger charge is 2.28. The van der Waals surface area contributed by atoms with E-state index in [9.17, 15) is 18.0 Å². The summed E-state index contributed by atoms with van der Waals surface area (Å²) < 4.78 is 25.1. The van der Waals surface area contributed by atoms with Crippen molar-refractivity contribution in [2.45, 2.75) is 23.7 Å². The van der Waals surface area contributed by atoms with Crippen LogP contribution in [-0.4, -0.2) is 53.4 Å². The second-order valence-corrected chi connectivity index (χ2v) is 6.44. The number of carboxylic acid groups (broad SMARTS) is 1. The molecule has 1 amide bonds. The zero-order chi connectivity index (χ0) is 15.3. The summed E-state index contributed by atoms with van der Waals surface area (Å²) in [6, 6.07) is -1.47. The smallest absolute Gasteiger partial charge is 0.321 e. The lowest BCUT2D eigenvalue weighted by Crippen LogP contribution is -2.41. The van der Waals surface area contributed by atoms with Crippen LogP contribution in [0.25, 0.3) is 0 Å². The van der Waals surface area contributed by atoms with Gasteiger partial charge in [0.1, 0.15) is 6.04 Å². The van der Waals surface area contributed by atoms with Gasteiger partial charge < -0.3 is 15.5 Å². The number of carboxylic acids is 1. The van der Waals surface area contributed by atoms with Crippen LogP contribution >= 0.6 is 11.3 Å². The number of aliphatic hydroxyl groups is 1. The Morgan fingerprint density at radius 2 is 2.05 bits per heavy atom. The van der Waals surface area contributed by atoms with Gasteiger partial charge in [0, 0.05) is 13.5 Å². The SMILES string of the molecule is CC(=O)Nc1nnc(S(=O)(=O)N[C@H](CCO)C(=O)O)s1. The summed E-state index contributed by atoms with van der Waals surface area (Å²) in [5.41, 5.74) is 0. The van der Waals surface area contributed by atoms with E-state index in [4.69, 9.17) is 10.2 Å². The van der Waals surface area contributed by atoms with E-state index in [0.29, 0.717) is 11.3 Å². The molecule has 1 aromatic rings. The molecule has 0 aliphatic heterocycles. The predicted molar refractivity (Wildman–Crippen MR) is 67.7 cm³/mol. The number of aliphatic hydroxyl groups excluding tert-OH is 1. The van der Waals surface area contributed by atoms with Gasteiger partial charge in [-0.3, -0.25) is 9.59 Å². The lowest BCUT2D eigenvalue weighted by Gasteiger charge is -2.11. The van der Waals surface area contributed by atoms with Gasteiger partial charge in [-0.05, 0) is 6.42 Å². The first-order valence-corrected chi connectivity index (χ1v) is 7.53. The number of hydrogen-bond donors (Lipinski definition) is 4. The fourth-order valence-corrected chi connectivity index (χ4v) is 3.30. The summed E-state index contributed by atoms with van der Waals surface area (Å²) >= 11 is 0.580. The zero-order valence-corrected chi connectivity index (χ0v) is 11.9. The van der Waals surface area contributed by atoms with Crippen molar-refractivity contribution in [3.8, 4) is 0 Å². The summed E-state index contributed by atoms with van der Waals surface area (Å²) in [6.45, 7) is 0.724. The molecule has 0 aliphatic carbocycles. The van der Waals surface area contributed by atoms with Gasteiger partial charge in [-0.1, -0.05) is 11.3 Å². The zero-order valence-electron chi connectivity index (χ0n) is 10.2. The Morgan fingerprint density at radius 1 is 1.40 bits per heavy atom. The summed E-state index contributed by atoms with van der Waals surface area (Å²) in [4.78, 5) is 21.6. The molecular weight excluding hydrogens is 312 g/mol. The molecular formula is C8H12N4O6S2. The standard InChI is InChI=1S/C8H12N4O6S2/c1-4(14)9-7-10-11-8(19-7)20(17,18)12-5(2-3-13)6(15)16/h5,12-13H,2-3H2,1H3,(H,15,16)(H,9,10,14)/t5-/m1/s1. The molecule has 1 atom stereocenters. The summed E-state index contributed by atoms with van der Waals surface area (Å²) in [6.07, 6.45) is -0.286. The van der Waals surface area contributed by atoms with E-state index in [-0.39, 0.29) is 11.6 Å². The average Bonchev–Trinajstić information content (AvgIpc) is 2.76. The fourth-order valence-electron chi connectivity index (χ4n) is 1.12. The Labute approximate surface area is 117 Å². The molecule has 20 heavy (non-hydrogen) atoms. The van der Waals surface area contributed by atoms with E-state index >= 15 is 0 Å².